The number of hydrogen-bond donors (Lipinski definition) is 1. The van der Waals surface area contributed by atoms with E-state index < -0.39 is 16.1 Å². The van der Waals surface area contributed by atoms with Gasteiger partial charge in [-0.2, -0.15) is 0 Å². The van der Waals surface area contributed by atoms with E-state index in [0.717, 1.165) is 22.5 Å². The highest BCUT2D eigenvalue weighted by Crippen LogP contribution is 2.33. The van der Waals surface area contributed by atoms with E-state index in [1.165, 1.54) is 6.07 Å². The number of sulfonamides is 1. The number of nitrogens with zero attached hydrogens (tertiary/aromatic N) is 1. The van der Waals surface area contributed by atoms with E-state index >= 15 is 0 Å². The van der Waals surface area contributed by atoms with Gasteiger partial charge in [0.25, 0.3) is 0 Å². The average Bonchev–Trinajstić information content (AvgIpc) is 3.14. The maximum atomic E-state index is 13.1. The van der Waals surface area contributed by atoms with Gasteiger partial charge in [-0.15, -0.1) is 0 Å². The summed E-state index contributed by atoms with van der Waals surface area (Å²) in [5.41, 5.74) is 2.37. The predicted octanol–water partition coefficient (Wildman–Crippen LogP) is 4.58. The topological polar surface area (TPSA) is 86.6 Å². The lowest BCUT2D eigenvalue weighted by atomic mass is 10.1. The fourth-order valence-electron chi connectivity index (χ4n) is 3.83. The summed E-state index contributed by atoms with van der Waals surface area (Å²) in [6.07, 6.45) is 0. The van der Waals surface area contributed by atoms with Crippen LogP contribution in [-0.4, -0.2) is 26.2 Å². The number of thiazole rings is 1. The third-order valence-electron chi connectivity index (χ3n) is 5.60. The summed E-state index contributed by atoms with van der Waals surface area (Å²) in [7, 11) is -3.83. The molecule has 0 amide bonds. The van der Waals surface area contributed by atoms with E-state index in [1.54, 1.807) is 47.9 Å². The Morgan fingerprint density at radius 1 is 1.03 bits per heavy atom. The first kappa shape index (κ1) is 22.9. The molecule has 0 saturated carbocycles. The molecule has 0 radical (unpaired) electrons. The molecule has 34 heavy (non-hydrogen) atoms. The molecule has 0 fully saturated rings. The van der Waals surface area contributed by atoms with Crippen LogP contribution in [0, 0.1) is 0 Å². The van der Waals surface area contributed by atoms with Crippen LogP contribution in [0.3, 0.4) is 0 Å². The first-order valence-electron chi connectivity index (χ1n) is 10.6. The standard InChI is InChI=1S/C24H21ClN2O5S2/c1-15(17-4-9-21-22(12-17)32-11-10-31-21)26-34(29,30)19-7-8-20-23(13-19)33-24(28)27(20)14-16-2-5-18(25)6-3-16/h2-9,12-13,15,26H,10-11,14H2,1H3/t15-/m0/s1. The predicted molar refractivity (Wildman–Crippen MR) is 133 cm³/mol. The summed E-state index contributed by atoms with van der Waals surface area (Å²) < 4.78 is 42.3. The van der Waals surface area contributed by atoms with Gasteiger partial charge in [-0.3, -0.25) is 9.36 Å². The van der Waals surface area contributed by atoms with Crippen LogP contribution in [0.4, 0.5) is 0 Å². The smallest absolute Gasteiger partial charge is 0.308 e. The second-order valence-corrected chi connectivity index (χ2v) is 11.1. The van der Waals surface area contributed by atoms with Crippen molar-refractivity contribution in [1.82, 2.24) is 9.29 Å². The number of ether oxygens (including phenoxy) is 2. The molecule has 1 aromatic heterocycles. The summed E-state index contributed by atoms with van der Waals surface area (Å²) in [5.74, 6) is 1.25. The molecule has 3 aromatic carbocycles. The molecule has 4 aromatic rings. The van der Waals surface area contributed by atoms with Crippen molar-refractivity contribution in [1.29, 1.82) is 0 Å². The van der Waals surface area contributed by atoms with E-state index in [4.69, 9.17) is 21.1 Å². The molecular formula is C24H21ClN2O5S2. The molecule has 10 heteroatoms. The lowest BCUT2D eigenvalue weighted by Crippen LogP contribution is -2.27. The van der Waals surface area contributed by atoms with Crippen molar-refractivity contribution in [2.45, 2.75) is 24.4 Å². The zero-order chi connectivity index (χ0) is 23.9. The van der Waals surface area contributed by atoms with Gasteiger partial charge in [0.15, 0.2) is 11.5 Å². The lowest BCUT2D eigenvalue weighted by molar-refractivity contribution is 0.171. The molecule has 0 bridgehead atoms. The van der Waals surface area contributed by atoms with E-state index in [1.807, 2.05) is 18.2 Å². The molecule has 0 spiro atoms. The molecule has 176 valence electrons. The van der Waals surface area contributed by atoms with Gasteiger partial charge in [-0.25, -0.2) is 13.1 Å². The Morgan fingerprint density at radius 3 is 2.53 bits per heavy atom. The minimum atomic E-state index is -3.83. The summed E-state index contributed by atoms with van der Waals surface area (Å²) in [6.45, 7) is 3.09. The molecule has 2 heterocycles. The van der Waals surface area contributed by atoms with Crippen LogP contribution in [0.15, 0.2) is 70.4 Å². The van der Waals surface area contributed by atoms with Crippen LogP contribution in [-0.2, 0) is 16.6 Å². The van der Waals surface area contributed by atoms with Gasteiger partial charge < -0.3 is 9.47 Å². The first-order valence-corrected chi connectivity index (χ1v) is 13.3. The maximum Gasteiger partial charge on any atom is 0.308 e. The maximum absolute atomic E-state index is 13.1. The van der Waals surface area contributed by atoms with E-state index in [-0.39, 0.29) is 9.77 Å². The van der Waals surface area contributed by atoms with Crippen LogP contribution in [0.25, 0.3) is 10.2 Å². The van der Waals surface area contributed by atoms with Crippen LogP contribution < -0.4 is 19.1 Å². The summed E-state index contributed by atoms with van der Waals surface area (Å²) in [6, 6.07) is 16.9. The monoisotopic (exact) mass is 516 g/mol. The zero-order valence-electron chi connectivity index (χ0n) is 18.2. The Morgan fingerprint density at radius 2 is 1.76 bits per heavy atom. The van der Waals surface area contributed by atoms with E-state index in [2.05, 4.69) is 4.72 Å². The lowest BCUT2D eigenvalue weighted by Gasteiger charge is -2.21. The van der Waals surface area contributed by atoms with Crippen molar-refractivity contribution in [3.8, 4) is 11.5 Å². The first-order chi connectivity index (χ1) is 16.3. The Hall–Kier alpha value is -2.85. The van der Waals surface area contributed by atoms with Crippen LogP contribution in [0.2, 0.25) is 5.02 Å². The quantitative estimate of drug-likeness (QED) is 0.405. The van der Waals surface area contributed by atoms with Gasteiger partial charge in [-0.1, -0.05) is 41.1 Å². The normalized spacial score (nSPS) is 14.3. The number of benzene rings is 3. The van der Waals surface area contributed by atoms with Gasteiger partial charge in [0.1, 0.15) is 13.2 Å². The summed E-state index contributed by atoms with van der Waals surface area (Å²) >= 11 is 6.97. The summed E-state index contributed by atoms with van der Waals surface area (Å²) in [5, 5.41) is 0.624. The van der Waals surface area contributed by atoms with Crippen LogP contribution >= 0.6 is 22.9 Å². The summed E-state index contributed by atoms with van der Waals surface area (Å²) in [4.78, 5) is 12.6. The molecule has 1 N–H and O–H groups in total. The van der Waals surface area contributed by atoms with Crippen molar-refractivity contribution in [3.05, 3.63) is 86.5 Å². The van der Waals surface area contributed by atoms with E-state index in [0.29, 0.717) is 46.5 Å². The fraction of sp³-hybridized carbons (Fsp3) is 0.208. The minimum Gasteiger partial charge on any atom is -0.486 e. The molecule has 1 atom stereocenters. The van der Waals surface area contributed by atoms with Crippen molar-refractivity contribution in [2.75, 3.05) is 13.2 Å². The third-order valence-corrected chi connectivity index (χ3v) is 8.33. The molecule has 5 rings (SSSR count). The largest absolute Gasteiger partial charge is 0.486 e. The number of aromatic nitrogens is 1. The molecule has 1 aliphatic heterocycles. The van der Waals surface area contributed by atoms with E-state index in [9.17, 15) is 13.2 Å². The third kappa shape index (κ3) is 4.56. The molecule has 7 nitrogen and oxygen atoms in total. The van der Waals surface area contributed by atoms with Crippen molar-refractivity contribution in [3.63, 3.8) is 0 Å². The molecule has 0 unspecified atom stereocenters. The number of nitrogens with one attached hydrogen (secondary N) is 1. The van der Waals surface area contributed by atoms with Crippen molar-refractivity contribution < 1.29 is 17.9 Å². The number of rotatable bonds is 6. The Balaban J connectivity index is 1.40. The van der Waals surface area contributed by atoms with Crippen LogP contribution in [0.1, 0.15) is 24.1 Å². The van der Waals surface area contributed by atoms with Gasteiger partial charge in [0.05, 0.1) is 21.7 Å². The van der Waals surface area contributed by atoms with Crippen LogP contribution in [0.5, 0.6) is 11.5 Å². The highest BCUT2D eigenvalue weighted by atomic mass is 35.5. The number of hydrogen-bond acceptors (Lipinski definition) is 6. The molecule has 0 saturated heterocycles. The average molecular weight is 517 g/mol. The van der Waals surface area contributed by atoms with Crippen molar-refractivity contribution >= 4 is 43.2 Å². The highest BCUT2D eigenvalue weighted by Gasteiger charge is 2.22. The second-order valence-electron chi connectivity index (χ2n) is 7.96. The molecular weight excluding hydrogens is 496 g/mol. The molecule has 0 aliphatic carbocycles. The van der Waals surface area contributed by atoms with Gasteiger partial charge >= 0.3 is 4.87 Å². The van der Waals surface area contributed by atoms with Crippen molar-refractivity contribution in [2.24, 2.45) is 0 Å². The zero-order valence-corrected chi connectivity index (χ0v) is 20.5. The fourth-order valence-corrected chi connectivity index (χ4v) is 6.22. The Labute approximate surface area is 205 Å². The van der Waals surface area contributed by atoms with Gasteiger partial charge in [-0.05, 0) is 60.5 Å². The number of fused-ring (bicyclic) bond motifs is 2. The highest BCUT2D eigenvalue weighted by molar-refractivity contribution is 7.89. The SMILES string of the molecule is C[C@H](NS(=O)(=O)c1ccc2c(c1)sc(=O)n2Cc1ccc(Cl)cc1)c1ccc2c(c1)OCCO2. The Kier molecular flexibility index (Phi) is 6.11. The van der Waals surface area contributed by atoms with Gasteiger partial charge in [0, 0.05) is 11.1 Å². The second kappa shape index (κ2) is 9.07. The molecule has 1 aliphatic rings. The Bertz CT molecular complexity index is 1530. The minimum absolute atomic E-state index is 0.101. The van der Waals surface area contributed by atoms with Gasteiger partial charge in [0.2, 0.25) is 10.0 Å². The number of halogens is 1.